The molecule has 2 aromatic heterocycles. The molecule has 3 heterocycles. The predicted molar refractivity (Wildman–Crippen MR) is 124 cm³/mol. The van der Waals surface area contributed by atoms with E-state index >= 15 is 0 Å². The summed E-state index contributed by atoms with van der Waals surface area (Å²) in [5, 5.41) is 3.89. The molecule has 0 saturated carbocycles. The number of hydrogen-bond donors (Lipinski definition) is 1. The first kappa shape index (κ1) is 22.4. The van der Waals surface area contributed by atoms with Crippen molar-refractivity contribution in [2.45, 2.75) is 52.2 Å². The fourth-order valence-electron chi connectivity index (χ4n) is 3.39. The van der Waals surface area contributed by atoms with Gasteiger partial charge < -0.3 is 14.8 Å². The molecule has 0 spiro atoms. The quantitative estimate of drug-likeness (QED) is 0.560. The van der Waals surface area contributed by atoms with Crippen molar-refractivity contribution in [1.29, 1.82) is 0 Å². The average molecular weight is 453 g/mol. The number of aromatic nitrogens is 3. The Kier molecular flexibility index (Phi) is 6.81. The van der Waals surface area contributed by atoms with Gasteiger partial charge in [-0.15, -0.1) is 11.3 Å². The monoisotopic (exact) mass is 452 g/mol. The first-order valence-electron chi connectivity index (χ1n) is 10.8. The van der Waals surface area contributed by atoms with E-state index in [0.29, 0.717) is 36.1 Å². The second-order valence-corrected chi connectivity index (χ2v) is 9.41. The number of ether oxygens (including phenoxy) is 2. The minimum Gasteiger partial charge on any atom is -0.488 e. The molecule has 1 aliphatic heterocycles. The second-order valence-electron chi connectivity index (χ2n) is 8.35. The van der Waals surface area contributed by atoms with Crippen LogP contribution in [0.25, 0.3) is 10.6 Å². The maximum Gasteiger partial charge on any atom is 0.251 e. The van der Waals surface area contributed by atoms with Crippen LogP contribution >= 0.6 is 11.3 Å². The van der Waals surface area contributed by atoms with E-state index in [9.17, 15) is 4.79 Å². The fraction of sp³-hybridized carbons (Fsp3) is 0.417. The number of nitrogens with one attached hydrogen (secondary N) is 1. The Morgan fingerprint density at radius 2 is 2.00 bits per heavy atom. The summed E-state index contributed by atoms with van der Waals surface area (Å²) in [6.45, 7) is 9.31. The van der Waals surface area contributed by atoms with Crippen LogP contribution in [-0.4, -0.2) is 40.2 Å². The highest BCUT2D eigenvalue weighted by Crippen LogP contribution is 2.33. The number of thiazole rings is 1. The lowest BCUT2D eigenvalue weighted by molar-refractivity contribution is 0.0938. The molecule has 2 atom stereocenters. The molecular formula is C24H28N4O3S. The highest BCUT2D eigenvalue weighted by Gasteiger charge is 2.20. The maximum absolute atomic E-state index is 13.1. The number of carbonyl (C=O) groups is 1. The molecule has 1 aromatic carbocycles. The van der Waals surface area contributed by atoms with Crippen LogP contribution in [0, 0.1) is 6.92 Å². The van der Waals surface area contributed by atoms with Crippen LogP contribution in [0.15, 0.2) is 36.8 Å². The Bertz CT molecular complexity index is 1080. The second kappa shape index (κ2) is 9.75. The summed E-state index contributed by atoms with van der Waals surface area (Å²) in [4.78, 5) is 27.6. The Morgan fingerprint density at radius 1 is 1.16 bits per heavy atom. The molecule has 1 amide bonds. The van der Waals surface area contributed by atoms with Crippen LogP contribution in [0.1, 0.15) is 65.8 Å². The van der Waals surface area contributed by atoms with Gasteiger partial charge in [-0.1, -0.05) is 13.8 Å². The summed E-state index contributed by atoms with van der Waals surface area (Å²) in [6, 6.07) is 5.32. The molecule has 1 N–H and O–H groups in total. The lowest BCUT2D eigenvalue weighted by Crippen LogP contribution is -2.27. The number of benzene rings is 1. The van der Waals surface area contributed by atoms with Crippen molar-refractivity contribution in [2.75, 3.05) is 13.2 Å². The predicted octanol–water partition coefficient (Wildman–Crippen LogP) is 4.69. The molecule has 8 heteroatoms. The summed E-state index contributed by atoms with van der Waals surface area (Å²) in [7, 11) is 0. The third-order valence-electron chi connectivity index (χ3n) is 5.29. The zero-order chi connectivity index (χ0) is 22.7. The van der Waals surface area contributed by atoms with E-state index in [2.05, 4.69) is 34.1 Å². The lowest BCUT2D eigenvalue weighted by Gasteiger charge is -2.16. The number of amides is 1. The van der Waals surface area contributed by atoms with Crippen molar-refractivity contribution in [3.63, 3.8) is 0 Å². The van der Waals surface area contributed by atoms with Gasteiger partial charge in [-0.25, -0.2) is 4.98 Å². The highest BCUT2D eigenvalue weighted by atomic mass is 32.1. The largest absolute Gasteiger partial charge is 0.488 e. The number of nitrogens with zero attached hydrogens (tertiary/aromatic N) is 3. The van der Waals surface area contributed by atoms with Crippen LogP contribution in [0.3, 0.4) is 0 Å². The molecule has 0 bridgehead atoms. The Hall–Kier alpha value is -2.84. The number of aryl methyl sites for hydroxylation is 1. The zero-order valence-corrected chi connectivity index (χ0v) is 19.6. The van der Waals surface area contributed by atoms with Gasteiger partial charge in [0, 0.05) is 34.8 Å². The molecule has 1 aliphatic rings. The standard InChI is InChI=1S/C24H28N4O3S/c1-14(2)22-12-27-24(32-22)18-7-17(8-20(9-18)31-19-5-6-30-13-19)23(29)28-16(4)21-11-25-15(3)10-26-21/h7-12,14,16,19H,5-6,13H2,1-4H3,(H,28,29)/t16?,19-/m1/s1. The molecule has 1 fully saturated rings. The Morgan fingerprint density at radius 3 is 2.66 bits per heavy atom. The van der Waals surface area contributed by atoms with Crippen molar-refractivity contribution in [3.8, 4) is 16.3 Å². The first-order valence-corrected chi connectivity index (χ1v) is 11.7. The van der Waals surface area contributed by atoms with Gasteiger partial charge in [0.2, 0.25) is 0 Å². The summed E-state index contributed by atoms with van der Waals surface area (Å²) < 4.78 is 11.6. The van der Waals surface area contributed by atoms with Gasteiger partial charge in [0.05, 0.1) is 36.8 Å². The van der Waals surface area contributed by atoms with Crippen LogP contribution in [0.5, 0.6) is 5.75 Å². The number of rotatable bonds is 7. The van der Waals surface area contributed by atoms with Crippen molar-refractivity contribution in [3.05, 3.63) is 58.6 Å². The molecule has 1 saturated heterocycles. The normalized spacial score (nSPS) is 16.8. The van der Waals surface area contributed by atoms with Crippen molar-refractivity contribution in [2.24, 2.45) is 0 Å². The van der Waals surface area contributed by atoms with E-state index < -0.39 is 0 Å². The van der Waals surface area contributed by atoms with Gasteiger partial charge in [-0.05, 0) is 38.0 Å². The number of carbonyl (C=O) groups excluding carboxylic acids is 1. The molecule has 7 nitrogen and oxygen atoms in total. The van der Waals surface area contributed by atoms with E-state index in [1.54, 1.807) is 29.8 Å². The highest BCUT2D eigenvalue weighted by molar-refractivity contribution is 7.15. The van der Waals surface area contributed by atoms with Crippen LogP contribution in [-0.2, 0) is 4.74 Å². The molecule has 0 aliphatic carbocycles. The fourth-order valence-corrected chi connectivity index (χ4v) is 4.29. The van der Waals surface area contributed by atoms with Crippen molar-refractivity contribution < 1.29 is 14.3 Å². The summed E-state index contributed by atoms with van der Waals surface area (Å²) in [5.74, 6) is 0.845. The Balaban J connectivity index is 1.61. The molecule has 1 unspecified atom stereocenters. The average Bonchev–Trinajstić information content (AvgIpc) is 3.46. The smallest absolute Gasteiger partial charge is 0.251 e. The van der Waals surface area contributed by atoms with E-state index in [4.69, 9.17) is 9.47 Å². The maximum atomic E-state index is 13.1. The molecular weight excluding hydrogens is 424 g/mol. The summed E-state index contributed by atoms with van der Waals surface area (Å²) >= 11 is 1.64. The zero-order valence-electron chi connectivity index (χ0n) is 18.8. The van der Waals surface area contributed by atoms with Crippen LogP contribution in [0.4, 0.5) is 0 Å². The van der Waals surface area contributed by atoms with Gasteiger partial charge >= 0.3 is 0 Å². The van der Waals surface area contributed by atoms with Crippen LogP contribution in [0.2, 0.25) is 0 Å². The third kappa shape index (κ3) is 5.31. The topological polar surface area (TPSA) is 86.2 Å². The van der Waals surface area contributed by atoms with E-state index in [0.717, 1.165) is 22.7 Å². The lowest BCUT2D eigenvalue weighted by atomic mass is 10.1. The summed E-state index contributed by atoms with van der Waals surface area (Å²) in [6.07, 6.45) is 6.12. The van der Waals surface area contributed by atoms with Gasteiger partial charge in [0.1, 0.15) is 16.9 Å². The van der Waals surface area contributed by atoms with Gasteiger partial charge in [0.15, 0.2) is 0 Å². The SMILES string of the molecule is Cc1cnc(C(C)NC(=O)c2cc(O[C@@H]3CCOC3)cc(-c3ncc(C(C)C)s3)c2)cn1. The van der Waals surface area contributed by atoms with Crippen molar-refractivity contribution in [1.82, 2.24) is 20.3 Å². The minimum atomic E-state index is -0.278. The van der Waals surface area contributed by atoms with Gasteiger partial charge in [0.25, 0.3) is 5.91 Å². The molecule has 4 rings (SSSR count). The summed E-state index contributed by atoms with van der Waals surface area (Å²) in [5.41, 5.74) is 2.93. The van der Waals surface area contributed by atoms with Gasteiger partial charge in [-0.2, -0.15) is 0 Å². The van der Waals surface area contributed by atoms with Crippen molar-refractivity contribution >= 4 is 17.2 Å². The van der Waals surface area contributed by atoms with E-state index in [1.165, 1.54) is 4.88 Å². The first-order chi connectivity index (χ1) is 15.4. The third-order valence-corrected chi connectivity index (χ3v) is 6.64. The molecule has 0 radical (unpaired) electrons. The Labute approximate surface area is 192 Å². The van der Waals surface area contributed by atoms with E-state index in [-0.39, 0.29) is 18.1 Å². The number of hydrogen-bond acceptors (Lipinski definition) is 7. The molecule has 32 heavy (non-hydrogen) atoms. The molecule has 168 valence electrons. The van der Waals surface area contributed by atoms with E-state index in [1.807, 2.05) is 32.2 Å². The molecule has 3 aromatic rings. The minimum absolute atomic E-state index is 0.00885. The van der Waals surface area contributed by atoms with Gasteiger partial charge in [-0.3, -0.25) is 14.8 Å². The van der Waals surface area contributed by atoms with Crippen LogP contribution < -0.4 is 10.1 Å².